The third kappa shape index (κ3) is 10.1. The number of pyridine rings is 1. The number of phenolic OH excluding ortho intramolecular Hbond substituents is 2. The van der Waals surface area contributed by atoms with E-state index in [9.17, 15) is 10.2 Å². The van der Waals surface area contributed by atoms with Crippen molar-refractivity contribution in [2.24, 2.45) is 4.99 Å². The summed E-state index contributed by atoms with van der Waals surface area (Å²) in [5, 5.41) is 22.7. The SMILES string of the molecule is CC(C)(C)c1ccc(-c2ccc(C(c3ccc(-c4ccc(C(C)(C)C)cc4)cc3)(c3ccc(-c4ccc(C(C)(C)C)cc4)cc3)c3ccc(O)c(N=Cc4cc(-c5cccnc5)ccc4O)c3)cc2)cc1. The van der Waals surface area contributed by atoms with E-state index in [0.717, 1.165) is 66.8 Å². The van der Waals surface area contributed by atoms with Crippen LogP contribution in [0.2, 0.25) is 0 Å². The largest absolute Gasteiger partial charge is 0.507 e. The molecule has 9 rings (SSSR count). The van der Waals surface area contributed by atoms with Crippen LogP contribution in [0.25, 0.3) is 44.5 Å². The molecule has 9 aromatic rings. The Hall–Kier alpha value is -7.82. The van der Waals surface area contributed by atoms with Crippen LogP contribution in [0, 0.1) is 0 Å². The summed E-state index contributed by atoms with van der Waals surface area (Å²) >= 11 is 0. The summed E-state index contributed by atoms with van der Waals surface area (Å²) in [4.78, 5) is 9.20. The molecule has 0 saturated carbocycles. The highest BCUT2D eigenvalue weighted by molar-refractivity contribution is 5.88. The van der Waals surface area contributed by atoms with Gasteiger partial charge in [-0.3, -0.25) is 9.98 Å². The average Bonchev–Trinajstić information content (AvgIpc) is 3.37. The number of aliphatic imine (C=N–C) groups is 1. The maximum Gasteiger partial charge on any atom is 0.141 e. The van der Waals surface area contributed by atoms with Crippen molar-refractivity contribution in [1.82, 2.24) is 4.98 Å². The predicted octanol–water partition coefficient (Wildman–Crippen LogP) is 17.2. The Morgan fingerprint density at radius 3 is 1.04 bits per heavy atom. The van der Waals surface area contributed by atoms with Gasteiger partial charge in [0.1, 0.15) is 17.2 Å². The van der Waals surface area contributed by atoms with Crippen LogP contribution < -0.4 is 0 Å². The third-order valence-corrected chi connectivity index (χ3v) is 14.0. The maximum absolute atomic E-state index is 11.6. The van der Waals surface area contributed by atoms with Crippen LogP contribution in [0.4, 0.5) is 5.69 Å². The highest BCUT2D eigenvalue weighted by atomic mass is 16.3. The van der Waals surface area contributed by atoms with Gasteiger partial charge < -0.3 is 10.2 Å². The first-order valence-corrected chi connectivity index (χ1v) is 24.6. The molecule has 71 heavy (non-hydrogen) atoms. The molecule has 354 valence electrons. The molecule has 0 aliphatic heterocycles. The fraction of sp³-hybridized carbons (Fsp3) is 0.194. The van der Waals surface area contributed by atoms with E-state index in [0.29, 0.717) is 11.3 Å². The first-order chi connectivity index (χ1) is 33.9. The number of aromatic nitrogens is 1. The number of hydrogen-bond acceptors (Lipinski definition) is 4. The smallest absolute Gasteiger partial charge is 0.141 e. The molecule has 4 nitrogen and oxygen atoms in total. The van der Waals surface area contributed by atoms with Crippen LogP contribution in [0.1, 0.15) is 107 Å². The van der Waals surface area contributed by atoms with Crippen LogP contribution in [0.3, 0.4) is 0 Å². The zero-order valence-electron chi connectivity index (χ0n) is 42.5. The topological polar surface area (TPSA) is 65.7 Å². The fourth-order valence-electron chi connectivity index (χ4n) is 9.60. The lowest BCUT2D eigenvalue weighted by molar-refractivity contribution is 0.474. The van der Waals surface area contributed by atoms with Crippen molar-refractivity contribution in [3.8, 4) is 56.0 Å². The lowest BCUT2D eigenvalue weighted by Gasteiger charge is -2.37. The lowest BCUT2D eigenvalue weighted by Crippen LogP contribution is -2.31. The second-order valence-electron chi connectivity index (χ2n) is 21.9. The van der Waals surface area contributed by atoms with Crippen molar-refractivity contribution in [3.05, 3.63) is 251 Å². The average molecular weight is 929 g/mol. The van der Waals surface area contributed by atoms with Gasteiger partial charge in [0.15, 0.2) is 0 Å². The second kappa shape index (κ2) is 19.2. The van der Waals surface area contributed by atoms with Crippen LogP contribution in [0.5, 0.6) is 11.5 Å². The molecule has 0 aliphatic rings. The first-order valence-electron chi connectivity index (χ1n) is 24.6. The van der Waals surface area contributed by atoms with Crippen molar-refractivity contribution in [1.29, 1.82) is 0 Å². The zero-order valence-corrected chi connectivity index (χ0v) is 42.5. The Morgan fingerprint density at radius 1 is 0.352 bits per heavy atom. The summed E-state index contributed by atoms with van der Waals surface area (Å²) < 4.78 is 0. The van der Waals surface area contributed by atoms with Crippen LogP contribution in [-0.2, 0) is 21.7 Å². The van der Waals surface area contributed by atoms with Gasteiger partial charge in [0.25, 0.3) is 0 Å². The zero-order chi connectivity index (χ0) is 50.1. The normalized spacial score (nSPS) is 12.4. The van der Waals surface area contributed by atoms with Gasteiger partial charge in [-0.1, -0.05) is 226 Å². The Bertz CT molecular complexity index is 3050. The first kappa shape index (κ1) is 48.2. The molecule has 4 heteroatoms. The van der Waals surface area contributed by atoms with Crippen molar-refractivity contribution in [2.75, 3.05) is 0 Å². The molecule has 1 heterocycles. The van der Waals surface area contributed by atoms with E-state index < -0.39 is 5.41 Å². The van der Waals surface area contributed by atoms with E-state index >= 15 is 0 Å². The van der Waals surface area contributed by atoms with Gasteiger partial charge in [0.2, 0.25) is 0 Å². The van der Waals surface area contributed by atoms with Gasteiger partial charge in [0.05, 0.1) is 5.41 Å². The van der Waals surface area contributed by atoms with Gasteiger partial charge >= 0.3 is 0 Å². The van der Waals surface area contributed by atoms with Crippen LogP contribution >= 0.6 is 0 Å². The Morgan fingerprint density at radius 2 is 0.690 bits per heavy atom. The number of nitrogens with zero attached hydrogens (tertiary/aromatic N) is 2. The van der Waals surface area contributed by atoms with Crippen LogP contribution in [-0.4, -0.2) is 21.4 Å². The molecule has 0 fully saturated rings. The summed E-state index contributed by atoms with van der Waals surface area (Å²) in [5.41, 5.74) is 16.7. The van der Waals surface area contributed by atoms with E-state index in [4.69, 9.17) is 4.99 Å². The summed E-state index contributed by atoms with van der Waals surface area (Å²) in [5.74, 6) is 0.111. The minimum absolute atomic E-state index is 0.0268. The minimum Gasteiger partial charge on any atom is -0.507 e. The van der Waals surface area contributed by atoms with Crippen molar-refractivity contribution in [2.45, 2.75) is 84.0 Å². The number of aromatic hydroxyl groups is 2. The predicted molar refractivity (Wildman–Crippen MR) is 297 cm³/mol. The standard InChI is InChI=1S/C67H64N2O2/c1-64(2,3)54-25-12-45(13-26-54)48-18-31-57(32-19-48)67(58-33-20-49(21-34-58)46-14-27-55(28-15-46)65(4,5)6,59-35-22-50(23-36-59)47-16-29-56(30-17-47)66(7,8)9)60-37-39-63(71)61(42-60)69-44-53-41-51(24-38-62(53)70)52-11-10-40-68-43-52/h10-44,70-71H,1-9H3. The number of hydrogen-bond donors (Lipinski definition) is 2. The molecule has 2 N–H and O–H groups in total. The molecule has 8 aromatic carbocycles. The molecule has 0 bridgehead atoms. The molecule has 0 saturated heterocycles. The molecule has 0 spiro atoms. The second-order valence-corrected chi connectivity index (χ2v) is 21.9. The van der Waals surface area contributed by atoms with E-state index in [2.05, 4.69) is 213 Å². The van der Waals surface area contributed by atoms with Gasteiger partial charge in [-0.2, -0.15) is 0 Å². The monoisotopic (exact) mass is 928 g/mol. The summed E-state index contributed by atoms with van der Waals surface area (Å²) in [7, 11) is 0. The van der Waals surface area contributed by atoms with Crippen molar-refractivity contribution in [3.63, 3.8) is 0 Å². The highest BCUT2D eigenvalue weighted by Gasteiger charge is 2.39. The van der Waals surface area contributed by atoms with Gasteiger partial charge in [-0.05, 0) is 124 Å². The molecular weight excluding hydrogens is 865 g/mol. The third-order valence-electron chi connectivity index (χ3n) is 14.0. The van der Waals surface area contributed by atoms with Gasteiger partial charge in [-0.25, -0.2) is 0 Å². The van der Waals surface area contributed by atoms with Crippen LogP contribution in [0.15, 0.2) is 212 Å². The molecule has 1 aromatic heterocycles. The van der Waals surface area contributed by atoms with Crippen molar-refractivity contribution >= 4 is 11.9 Å². The molecule has 0 unspecified atom stereocenters. The number of benzene rings is 8. The molecule has 0 aliphatic carbocycles. The van der Waals surface area contributed by atoms with E-state index in [1.165, 1.54) is 16.7 Å². The maximum atomic E-state index is 11.6. The van der Waals surface area contributed by atoms with Gasteiger partial charge in [-0.15, -0.1) is 0 Å². The quantitative estimate of drug-likeness (QED) is 0.106. The molecule has 0 atom stereocenters. The fourth-order valence-corrected chi connectivity index (χ4v) is 9.60. The minimum atomic E-state index is -0.891. The Labute approximate surface area is 421 Å². The summed E-state index contributed by atoms with van der Waals surface area (Å²) in [6.07, 6.45) is 5.15. The van der Waals surface area contributed by atoms with E-state index in [1.54, 1.807) is 30.7 Å². The molecule has 0 amide bonds. The van der Waals surface area contributed by atoms with E-state index in [1.807, 2.05) is 36.4 Å². The lowest BCUT2D eigenvalue weighted by atomic mass is 9.64. The Kier molecular flexibility index (Phi) is 13.0. The number of phenols is 2. The summed E-state index contributed by atoms with van der Waals surface area (Å²) in [6.45, 7) is 20.2. The van der Waals surface area contributed by atoms with Crippen molar-refractivity contribution < 1.29 is 10.2 Å². The molecular formula is C67H64N2O2. The summed E-state index contributed by atoms with van der Waals surface area (Å²) in [6, 6.07) is 68.6. The highest BCUT2D eigenvalue weighted by Crippen LogP contribution is 2.48. The van der Waals surface area contributed by atoms with E-state index in [-0.39, 0.29) is 27.7 Å². The number of rotatable bonds is 10. The van der Waals surface area contributed by atoms with Gasteiger partial charge in [0, 0.05) is 29.7 Å². The molecule has 0 radical (unpaired) electrons. The Balaban J connectivity index is 1.23.